The fourth-order valence-electron chi connectivity index (χ4n) is 1.28. The maximum absolute atomic E-state index is 5.18. The minimum Gasteiger partial charge on any atom is -0.481 e. The number of allylic oxidation sites excluding steroid dienone is 2. The average Bonchev–Trinajstić information content (AvgIpc) is 2.38. The molecule has 1 atom stereocenters. The van der Waals surface area contributed by atoms with Crippen LogP contribution in [0.15, 0.2) is 28.8 Å². The van der Waals surface area contributed by atoms with Crippen molar-refractivity contribution < 1.29 is 9.47 Å². The van der Waals surface area contributed by atoms with Crippen LogP contribution in [0, 0.1) is 5.41 Å². The molecule has 0 bridgehead atoms. The second-order valence-electron chi connectivity index (χ2n) is 4.51. The summed E-state index contributed by atoms with van der Waals surface area (Å²) in [5.41, 5.74) is 1.26. The molecule has 84 valence electrons. The van der Waals surface area contributed by atoms with E-state index in [9.17, 15) is 0 Å². The molecule has 0 N–H and O–H groups in total. The summed E-state index contributed by atoms with van der Waals surface area (Å²) in [6.45, 7) is 6.47. The summed E-state index contributed by atoms with van der Waals surface area (Å²) in [7, 11) is 3.25. The molecular formula is C12H19NO2. The largest absolute Gasteiger partial charge is 0.481 e. The van der Waals surface area contributed by atoms with Crippen LogP contribution in [-0.4, -0.2) is 26.3 Å². The Kier molecular flexibility index (Phi) is 3.69. The summed E-state index contributed by atoms with van der Waals surface area (Å²) < 4.78 is 10.4. The molecule has 1 aliphatic rings. The van der Waals surface area contributed by atoms with Crippen molar-refractivity contribution in [3.05, 3.63) is 23.8 Å². The van der Waals surface area contributed by atoms with Crippen LogP contribution in [0.4, 0.5) is 0 Å². The van der Waals surface area contributed by atoms with Gasteiger partial charge in [0, 0.05) is 13.2 Å². The second-order valence-corrected chi connectivity index (χ2v) is 4.51. The van der Waals surface area contributed by atoms with Gasteiger partial charge in [0.05, 0.1) is 7.11 Å². The minimum absolute atomic E-state index is 0.0818. The third kappa shape index (κ3) is 3.20. The number of hydrogen-bond donors (Lipinski definition) is 0. The Morgan fingerprint density at radius 2 is 1.93 bits per heavy atom. The molecule has 1 heterocycles. The Morgan fingerprint density at radius 3 is 2.40 bits per heavy atom. The Hall–Kier alpha value is -1.09. The number of ether oxygens (including phenoxy) is 2. The molecule has 0 radical (unpaired) electrons. The highest BCUT2D eigenvalue weighted by molar-refractivity contribution is 5.89. The van der Waals surface area contributed by atoms with E-state index in [1.807, 2.05) is 18.2 Å². The van der Waals surface area contributed by atoms with Crippen molar-refractivity contribution in [1.29, 1.82) is 0 Å². The standard InChI is InChI=1S/C12H19NO2/c1-12(2,3)9-6-7-10(14-4)13-11(8-9)15-5/h6-8,10H,1-5H3. The van der Waals surface area contributed by atoms with Crippen molar-refractivity contribution in [2.75, 3.05) is 14.2 Å². The smallest absolute Gasteiger partial charge is 0.211 e. The Morgan fingerprint density at radius 1 is 1.27 bits per heavy atom. The van der Waals surface area contributed by atoms with E-state index in [0.29, 0.717) is 5.90 Å². The third-order valence-corrected chi connectivity index (χ3v) is 2.29. The van der Waals surface area contributed by atoms with Gasteiger partial charge in [-0.15, -0.1) is 0 Å². The lowest BCUT2D eigenvalue weighted by Crippen LogP contribution is -2.10. The highest BCUT2D eigenvalue weighted by Crippen LogP contribution is 2.27. The summed E-state index contributed by atoms with van der Waals surface area (Å²) in [5.74, 6) is 0.608. The highest BCUT2D eigenvalue weighted by Gasteiger charge is 2.18. The van der Waals surface area contributed by atoms with Crippen LogP contribution in [0.3, 0.4) is 0 Å². The number of hydrogen-bond acceptors (Lipinski definition) is 3. The first-order valence-electron chi connectivity index (χ1n) is 5.02. The van der Waals surface area contributed by atoms with Crippen LogP contribution in [0.25, 0.3) is 0 Å². The fourth-order valence-corrected chi connectivity index (χ4v) is 1.28. The summed E-state index contributed by atoms with van der Waals surface area (Å²) in [6.07, 6.45) is 5.68. The predicted octanol–water partition coefficient (Wildman–Crippen LogP) is 2.55. The van der Waals surface area contributed by atoms with E-state index in [0.717, 1.165) is 0 Å². The lowest BCUT2D eigenvalue weighted by Gasteiger charge is -2.19. The van der Waals surface area contributed by atoms with E-state index in [2.05, 4.69) is 25.8 Å². The van der Waals surface area contributed by atoms with Crippen molar-refractivity contribution in [3.8, 4) is 0 Å². The molecule has 0 fully saturated rings. The molecule has 0 spiro atoms. The molecule has 0 aliphatic carbocycles. The van der Waals surface area contributed by atoms with Gasteiger partial charge >= 0.3 is 0 Å². The van der Waals surface area contributed by atoms with Crippen molar-refractivity contribution in [2.45, 2.75) is 27.0 Å². The van der Waals surface area contributed by atoms with Crippen molar-refractivity contribution in [3.63, 3.8) is 0 Å². The first kappa shape index (κ1) is 12.0. The van der Waals surface area contributed by atoms with Gasteiger partial charge in [-0.3, -0.25) is 0 Å². The zero-order valence-electron chi connectivity index (χ0n) is 10.1. The molecule has 0 aromatic carbocycles. The molecule has 1 unspecified atom stereocenters. The number of nitrogens with zero attached hydrogens (tertiary/aromatic N) is 1. The van der Waals surface area contributed by atoms with Gasteiger partial charge in [0.15, 0.2) is 6.23 Å². The van der Waals surface area contributed by atoms with E-state index in [4.69, 9.17) is 9.47 Å². The minimum atomic E-state index is -0.254. The van der Waals surface area contributed by atoms with Gasteiger partial charge in [-0.05, 0) is 17.1 Å². The number of rotatable bonds is 1. The fraction of sp³-hybridized carbons (Fsp3) is 0.583. The summed E-state index contributed by atoms with van der Waals surface area (Å²) in [5, 5.41) is 0. The molecular weight excluding hydrogens is 190 g/mol. The highest BCUT2D eigenvalue weighted by atomic mass is 16.5. The van der Waals surface area contributed by atoms with Gasteiger partial charge in [0.2, 0.25) is 5.90 Å². The SMILES string of the molecule is COC1=NC(OC)C=CC(C(C)(C)C)=C1. The van der Waals surface area contributed by atoms with Crippen LogP contribution in [0.5, 0.6) is 0 Å². The zero-order valence-corrected chi connectivity index (χ0v) is 10.1. The molecule has 1 rings (SSSR count). The van der Waals surface area contributed by atoms with E-state index < -0.39 is 0 Å². The summed E-state index contributed by atoms with van der Waals surface area (Å²) >= 11 is 0. The molecule has 0 saturated heterocycles. The van der Waals surface area contributed by atoms with Gasteiger partial charge in [0.1, 0.15) is 0 Å². The molecule has 0 aromatic rings. The second kappa shape index (κ2) is 4.62. The first-order chi connectivity index (χ1) is 6.97. The van der Waals surface area contributed by atoms with Gasteiger partial charge in [-0.25, -0.2) is 4.99 Å². The van der Waals surface area contributed by atoms with Gasteiger partial charge in [-0.1, -0.05) is 26.8 Å². The maximum Gasteiger partial charge on any atom is 0.211 e. The van der Waals surface area contributed by atoms with E-state index in [-0.39, 0.29) is 11.6 Å². The van der Waals surface area contributed by atoms with Gasteiger partial charge in [-0.2, -0.15) is 0 Å². The van der Waals surface area contributed by atoms with E-state index >= 15 is 0 Å². The normalized spacial score (nSPS) is 21.8. The number of aliphatic imine (C=N–C) groups is 1. The van der Waals surface area contributed by atoms with Crippen LogP contribution >= 0.6 is 0 Å². The molecule has 15 heavy (non-hydrogen) atoms. The lowest BCUT2D eigenvalue weighted by atomic mass is 9.86. The van der Waals surface area contributed by atoms with Crippen LogP contribution in [0.1, 0.15) is 20.8 Å². The lowest BCUT2D eigenvalue weighted by molar-refractivity contribution is 0.146. The molecule has 0 amide bonds. The molecule has 0 saturated carbocycles. The summed E-state index contributed by atoms with van der Waals surface area (Å²) in [4.78, 5) is 4.29. The van der Waals surface area contributed by atoms with Crippen molar-refractivity contribution >= 4 is 5.90 Å². The topological polar surface area (TPSA) is 30.8 Å². The quantitative estimate of drug-likeness (QED) is 0.664. The van der Waals surface area contributed by atoms with Gasteiger partial charge in [0.25, 0.3) is 0 Å². The Labute approximate surface area is 91.5 Å². The monoisotopic (exact) mass is 209 g/mol. The molecule has 0 aromatic heterocycles. The van der Waals surface area contributed by atoms with Gasteiger partial charge < -0.3 is 9.47 Å². The van der Waals surface area contributed by atoms with Crippen LogP contribution in [-0.2, 0) is 9.47 Å². The van der Waals surface area contributed by atoms with Crippen molar-refractivity contribution in [1.82, 2.24) is 0 Å². The molecule has 3 nitrogen and oxygen atoms in total. The van der Waals surface area contributed by atoms with Crippen LogP contribution < -0.4 is 0 Å². The molecule has 3 heteroatoms. The van der Waals surface area contributed by atoms with Crippen LogP contribution in [0.2, 0.25) is 0 Å². The van der Waals surface area contributed by atoms with E-state index in [1.54, 1.807) is 14.2 Å². The van der Waals surface area contributed by atoms with Crippen molar-refractivity contribution in [2.24, 2.45) is 10.4 Å². The predicted molar refractivity (Wildman–Crippen MR) is 61.9 cm³/mol. The first-order valence-corrected chi connectivity index (χ1v) is 5.02. The maximum atomic E-state index is 5.18. The van der Waals surface area contributed by atoms with E-state index in [1.165, 1.54) is 5.57 Å². The zero-order chi connectivity index (χ0) is 11.5. The summed E-state index contributed by atoms with van der Waals surface area (Å²) in [6, 6.07) is 0. The number of methoxy groups -OCH3 is 2. The molecule has 1 aliphatic heterocycles. The third-order valence-electron chi connectivity index (χ3n) is 2.29. The Balaban J connectivity index is 3.02. The average molecular weight is 209 g/mol. The Bertz CT molecular complexity index is 308.